The van der Waals surface area contributed by atoms with E-state index in [0.717, 1.165) is 11.3 Å². The van der Waals surface area contributed by atoms with Gasteiger partial charge in [-0.05, 0) is 39.0 Å². The van der Waals surface area contributed by atoms with Crippen molar-refractivity contribution in [3.8, 4) is 11.5 Å². The van der Waals surface area contributed by atoms with Crippen molar-refractivity contribution in [1.82, 2.24) is 15.2 Å². The Balaban J connectivity index is 1.95. The third kappa shape index (κ3) is 6.17. The molecule has 0 aliphatic heterocycles. The summed E-state index contributed by atoms with van der Waals surface area (Å²) in [7, 11) is 3.17. The fourth-order valence-corrected chi connectivity index (χ4v) is 2.63. The first-order chi connectivity index (χ1) is 12.9. The molecular weight excluding hydrogens is 370 g/mol. The number of nitrogens with zero attached hydrogens (tertiary/aromatic N) is 3. The quantitative estimate of drug-likeness (QED) is 0.290. The molecule has 0 unspecified atom stereocenters. The second-order valence-electron chi connectivity index (χ2n) is 5.67. The molecule has 2 aromatic rings. The number of hydrogen-bond acceptors (Lipinski definition) is 9. The molecule has 27 heavy (non-hydrogen) atoms. The molecule has 0 aliphatic carbocycles. The minimum absolute atomic E-state index is 0.142. The Hall–Kier alpha value is -2.75. The molecule has 10 heteroatoms. The number of anilines is 1. The lowest BCUT2D eigenvalue weighted by molar-refractivity contribution is -0.144. The van der Waals surface area contributed by atoms with Crippen LogP contribution in [-0.2, 0) is 9.53 Å². The van der Waals surface area contributed by atoms with Crippen LogP contribution < -0.4 is 14.9 Å². The van der Waals surface area contributed by atoms with Crippen LogP contribution in [0.3, 0.4) is 0 Å². The van der Waals surface area contributed by atoms with Gasteiger partial charge in [-0.1, -0.05) is 11.8 Å². The molecule has 2 rings (SSSR count). The lowest BCUT2D eigenvalue weighted by atomic mass is 10.1. The van der Waals surface area contributed by atoms with Gasteiger partial charge in [0.15, 0.2) is 11.5 Å². The van der Waals surface area contributed by atoms with E-state index in [1.165, 1.54) is 11.8 Å². The average Bonchev–Trinajstić information content (AvgIpc) is 3.11. The largest absolute Gasteiger partial charge is 0.493 e. The fourth-order valence-electron chi connectivity index (χ4n) is 2.04. The van der Waals surface area contributed by atoms with Gasteiger partial charge in [0, 0.05) is 5.56 Å². The summed E-state index contributed by atoms with van der Waals surface area (Å²) in [5.41, 5.74) is 4.40. The van der Waals surface area contributed by atoms with Gasteiger partial charge in [0.2, 0.25) is 11.1 Å². The number of carbonyl (C=O) groups excluding carboxylic acids is 1. The highest BCUT2D eigenvalue weighted by Crippen LogP contribution is 2.27. The van der Waals surface area contributed by atoms with E-state index < -0.39 is 0 Å². The van der Waals surface area contributed by atoms with Gasteiger partial charge in [-0.3, -0.25) is 4.79 Å². The zero-order valence-corrected chi connectivity index (χ0v) is 16.7. The van der Waals surface area contributed by atoms with Gasteiger partial charge in [0.1, 0.15) is 0 Å². The Labute approximate surface area is 161 Å². The van der Waals surface area contributed by atoms with E-state index in [9.17, 15) is 4.79 Å². The van der Waals surface area contributed by atoms with E-state index in [4.69, 9.17) is 14.2 Å². The van der Waals surface area contributed by atoms with Crippen molar-refractivity contribution in [3.63, 3.8) is 0 Å². The molecule has 0 radical (unpaired) electrons. The zero-order chi connectivity index (χ0) is 19.8. The summed E-state index contributed by atoms with van der Waals surface area (Å²) in [5, 5.41) is 11.4. The summed E-state index contributed by atoms with van der Waals surface area (Å²) in [6.45, 7) is 5.45. The Morgan fingerprint density at radius 2 is 2.04 bits per heavy atom. The first-order valence-electron chi connectivity index (χ1n) is 8.20. The number of thioether (sulfide) groups is 1. The standard InChI is InChI=1S/C17H23N5O4S/c1-10(2)26-15(23)9-27-17-18-16(21-22-17)20-19-11(3)12-6-7-13(24-4)14(8-12)25-5/h6-8,10H,9H2,1-5H3,(H2,18,20,21,22)/b19-11+. The maximum Gasteiger partial charge on any atom is 0.316 e. The molecule has 1 aromatic carbocycles. The first kappa shape index (κ1) is 20.6. The van der Waals surface area contributed by atoms with E-state index in [0.29, 0.717) is 22.6 Å². The number of ether oxygens (including phenoxy) is 3. The van der Waals surface area contributed by atoms with Crippen LogP contribution in [-0.4, -0.2) is 52.9 Å². The highest BCUT2D eigenvalue weighted by atomic mass is 32.2. The smallest absolute Gasteiger partial charge is 0.316 e. The van der Waals surface area contributed by atoms with Crippen LogP contribution >= 0.6 is 11.8 Å². The summed E-state index contributed by atoms with van der Waals surface area (Å²) in [4.78, 5) is 15.8. The summed E-state index contributed by atoms with van der Waals surface area (Å²) in [6, 6.07) is 5.53. The van der Waals surface area contributed by atoms with Crippen molar-refractivity contribution in [2.45, 2.75) is 32.0 Å². The molecule has 0 spiro atoms. The van der Waals surface area contributed by atoms with Crippen LogP contribution in [0.4, 0.5) is 5.95 Å². The molecule has 0 saturated carbocycles. The van der Waals surface area contributed by atoms with Crippen LogP contribution in [0.2, 0.25) is 0 Å². The van der Waals surface area contributed by atoms with Gasteiger partial charge >= 0.3 is 5.97 Å². The Morgan fingerprint density at radius 3 is 2.70 bits per heavy atom. The summed E-state index contributed by atoms with van der Waals surface area (Å²) < 4.78 is 15.6. The summed E-state index contributed by atoms with van der Waals surface area (Å²) >= 11 is 1.18. The molecule has 0 amide bonds. The fraction of sp³-hybridized carbons (Fsp3) is 0.412. The van der Waals surface area contributed by atoms with Crippen molar-refractivity contribution >= 4 is 29.4 Å². The van der Waals surface area contributed by atoms with Gasteiger partial charge in [0.05, 0.1) is 31.8 Å². The number of aromatic nitrogens is 3. The van der Waals surface area contributed by atoms with E-state index in [-0.39, 0.29) is 17.8 Å². The third-order valence-electron chi connectivity index (χ3n) is 3.28. The number of H-pyrrole nitrogens is 1. The second-order valence-corrected chi connectivity index (χ2v) is 6.62. The molecule has 1 aromatic heterocycles. The van der Waals surface area contributed by atoms with Crippen molar-refractivity contribution < 1.29 is 19.0 Å². The number of benzene rings is 1. The normalized spacial score (nSPS) is 11.4. The molecule has 0 saturated heterocycles. The summed E-state index contributed by atoms with van der Waals surface area (Å²) in [5.74, 6) is 1.47. The van der Waals surface area contributed by atoms with Gasteiger partial charge in [-0.2, -0.15) is 10.1 Å². The Bertz CT molecular complexity index is 806. The Morgan fingerprint density at radius 1 is 1.30 bits per heavy atom. The SMILES string of the molecule is COc1ccc(/C(C)=N/Nc2nc(SCC(=O)OC(C)C)n[nH]2)cc1OC. The lowest BCUT2D eigenvalue weighted by Crippen LogP contribution is -2.13. The number of esters is 1. The maximum atomic E-state index is 11.5. The molecule has 0 atom stereocenters. The molecule has 9 nitrogen and oxygen atoms in total. The van der Waals surface area contributed by atoms with Gasteiger partial charge < -0.3 is 14.2 Å². The van der Waals surface area contributed by atoms with Gasteiger partial charge in [0.25, 0.3) is 0 Å². The molecular formula is C17H23N5O4S. The molecule has 1 heterocycles. The minimum atomic E-state index is -0.309. The maximum absolute atomic E-state index is 11.5. The number of hydrogen-bond donors (Lipinski definition) is 2. The van der Waals surface area contributed by atoms with E-state index >= 15 is 0 Å². The van der Waals surface area contributed by atoms with E-state index in [2.05, 4.69) is 25.7 Å². The van der Waals surface area contributed by atoms with Crippen LogP contribution in [0.5, 0.6) is 11.5 Å². The van der Waals surface area contributed by atoms with Crippen LogP contribution in [0.1, 0.15) is 26.3 Å². The van der Waals surface area contributed by atoms with Crippen molar-refractivity contribution in [2.75, 3.05) is 25.4 Å². The molecule has 0 aliphatic rings. The van der Waals surface area contributed by atoms with E-state index in [1.807, 2.05) is 25.1 Å². The number of rotatable bonds is 9. The first-order valence-corrected chi connectivity index (χ1v) is 9.19. The van der Waals surface area contributed by atoms with Crippen LogP contribution in [0.15, 0.2) is 28.5 Å². The highest BCUT2D eigenvalue weighted by molar-refractivity contribution is 7.99. The van der Waals surface area contributed by atoms with Gasteiger partial charge in [-0.15, -0.1) is 5.10 Å². The molecule has 2 N–H and O–H groups in total. The molecule has 146 valence electrons. The van der Waals surface area contributed by atoms with Gasteiger partial charge in [-0.25, -0.2) is 10.5 Å². The lowest BCUT2D eigenvalue weighted by Gasteiger charge is -2.09. The van der Waals surface area contributed by atoms with Crippen molar-refractivity contribution in [3.05, 3.63) is 23.8 Å². The second kappa shape index (κ2) is 9.81. The number of hydrazone groups is 1. The zero-order valence-electron chi connectivity index (χ0n) is 15.9. The number of nitrogens with one attached hydrogen (secondary N) is 2. The van der Waals surface area contributed by atoms with Crippen LogP contribution in [0, 0.1) is 0 Å². The monoisotopic (exact) mass is 393 g/mol. The molecule has 0 fully saturated rings. The predicted octanol–water partition coefficient (Wildman–Crippen LogP) is 2.70. The molecule has 0 bridgehead atoms. The van der Waals surface area contributed by atoms with Crippen molar-refractivity contribution in [1.29, 1.82) is 0 Å². The van der Waals surface area contributed by atoms with Crippen molar-refractivity contribution in [2.24, 2.45) is 5.10 Å². The van der Waals surface area contributed by atoms with E-state index in [1.54, 1.807) is 28.1 Å². The number of aromatic amines is 1. The minimum Gasteiger partial charge on any atom is -0.493 e. The number of carbonyl (C=O) groups is 1. The Kier molecular flexibility index (Phi) is 7.47. The third-order valence-corrected chi connectivity index (χ3v) is 4.10. The number of methoxy groups -OCH3 is 2. The van der Waals surface area contributed by atoms with Crippen LogP contribution in [0.25, 0.3) is 0 Å². The topological polar surface area (TPSA) is 111 Å². The highest BCUT2D eigenvalue weighted by Gasteiger charge is 2.10. The average molecular weight is 393 g/mol. The summed E-state index contributed by atoms with van der Waals surface area (Å²) in [6.07, 6.45) is -0.142. The predicted molar refractivity (Wildman–Crippen MR) is 104 cm³/mol.